The van der Waals surface area contributed by atoms with Crippen LogP contribution in [-0.4, -0.2) is 145 Å². The number of carbonyl (C=O) groups excluding carboxylic acids is 6. The van der Waals surface area contributed by atoms with Gasteiger partial charge >= 0.3 is 0 Å². The summed E-state index contributed by atoms with van der Waals surface area (Å²) in [7, 11) is 7.10. The largest absolute Gasteiger partial charge is 0.346 e. The summed E-state index contributed by atoms with van der Waals surface area (Å²) in [6.45, 7) is 8.07. The van der Waals surface area contributed by atoms with Gasteiger partial charge in [-0.1, -0.05) is 143 Å². The molecule has 10 rings (SSSR count). The molecule has 22 heteroatoms. The van der Waals surface area contributed by atoms with E-state index in [4.69, 9.17) is 46.4 Å². The second kappa shape index (κ2) is 32.4. The summed E-state index contributed by atoms with van der Waals surface area (Å²) >= 11 is 25.7. The zero-order valence-electron chi connectivity index (χ0n) is 51.6. The number of fused-ring (bicyclic) bond motifs is 4. The molecule has 4 aliphatic heterocycles. The maximum Gasteiger partial charge on any atom is 0.254 e. The third-order valence-corrected chi connectivity index (χ3v) is 20.0. The van der Waals surface area contributed by atoms with Crippen molar-refractivity contribution in [3.8, 4) is 0 Å². The highest BCUT2D eigenvalue weighted by atomic mass is 35.5. The maximum atomic E-state index is 14.0. The van der Waals surface area contributed by atoms with Crippen LogP contribution < -0.4 is 10.6 Å². The monoisotopic (exact) mass is 1380 g/mol. The van der Waals surface area contributed by atoms with Crippen LogP contribution in [0.15, 0.2) is 146 Å². The van der Waals surface area contributed by atoms with E-state index in [0.717, 1.165) is 74.1 Å². The van der Waals surface area contributed by atoms with Crippen molar-refractivity contribution < 1.29 is 28.8 Å². The fourth-order valence-electron chi connectivity index (χ4n) is 13.3. The Morgan fingerprint density at radius 1 is 0.478 bits per heavy atom. The molecule has 0 aromatic heterocycles. The van der Waals surface area contributed by atoms with E-state index in [1.54, 1.807) is 84.2 Å². The van der Waals surface area contributed by atoms with Gasteiger partial charge in [-0.05, 0) is 120 Å². The molecule has 4 aliphatic rings. The number of likely N-dealkylation sites (N-methyl/N-ethyl adjacent to an activating group) is 4. The van der Waals surface area contributed by atoms with Crippen molar-refractivity contribution in [3.05, 3.63) is 210 Å². The minimum absolute atomic E-state index is 0. The zero-order valence-corrected chi connectivity index (χ0v) is 58.3. The lowest BCUT2D eigenvalue weighted by atomic mass is 9.75. The number of piperidine rings is 2. The normalized spacial score (nSPS) is 16.7. The lowest BCUT2D eigenvalue weighted by Crippen LogP contribution is -2.58. The molecule has 0 unspecified atom stereocenters. The summed E-state index contributed by atoms with van der Waals surface area (Å²) in [6, 6.07) is 45.7. The molecule has 2 saturated heterocycles. The Bertz CT molecular complexity index is 3260. The van der Waals surface area contributed by atoms with Gasteiger partial charge in [-0.25, -0.2) is 0 Å². The van der Waals surface area contributed by atoms with Crippen LogP contribution in [0.2, 0.25) is 20.1 Å². The number of halogens is 6. The van der Waals surface area contributed by atoms with Gasteiger partial charge in [-0.3, -0.25) is 28.8 Å². The first-order chi connectivity index (χ1) is 41.1. The third-order valence-electron chi connectivity index (χ3n) is 18.5. The third kappa shape index (κ3) is 16.5. The Morgan fingerprint density at radius 2 is 0.800 bits per heavy atom. The highest BCUT2D eigenvalue weighted by Crippen LogP contribution is 2.43. The number of hydrogen-bond acceptors (Lipinski definition) is 8. The maximum absolute atomic E-state index is 14.0. The van der Waals surface area contributed by atoms with Crippen molar-refractivity contribution in [3.63, 3.8) is 0 Å². The standard InChI is InChI=1S/2C34H38Cl2N4O3.2ClH.2H2S/c2*1-24(41)38(2)23-34(27-13-14-29(35)30(36)22-27,39(3)32(43)25-9-5-4-6-10-25)17-20-40-18-15-33(16-19-40)28-12-8-7-11-26(28)21-31(42)37-33;;;;/h2*4-14,22H,15-21,23H2,1-3H3,(H,37,42);2*1H;2*1H2/t2*34-;;;;/m11..../s1. The molecule has 0 saturated carbocycles. The molecule has 6 aromatic carbocycles. The topological polar surface area (TPSA) is 146 Å². The predicted molar refractivity (Wildman–Crippen MR) is 376 cm³/mol. The van der Waals surface area contributed by atoms with Crippen LogP contribution in [0.4, 0.5) is 0 Å². The highest BCUT2D eigenvalue weighted by molar-refractivity contribution is 7.59. The predicted octanol–water partition coefficient (Wildman–Crippen LogP) is 12.1. The van der Waals surface area contributed by atoms with Crippen molar-refractivity contribution in [1.29, 1.82) is 0 Å². The fraction of sp³-hybridized carbons (Fsp3) is 0.382. The van der Waals surface area contributed by atoms with E-state index in [0.29, 0.717) is 70.0 Å². The Balaban J connectivity index is 0.000000313. The minimum atomic E-state index is -0.900. The number of carbonyl (C=O) groups is 6. The van der Waals surface area contributed by atoms with Crippen molar-refractivity contribution in [2.24, 2.45) is 0 Å². The van der Waals surface area contributed by atoms with Crippen LogP contribution in [0.1, 0.15) is 106 Å². The summed E-state index contributed by atoms with van der Waals surface area (Å²) in [6.07, 6.45) is 5.10. The van der Waals surface area contributed by atoms with Crippen molar-refractivity contribution in [1.82, 2.24) is 40.0 Å². The molecule has 2 spiro atoms. The van der Waals surface area contributed by atoms with Crippen LogP contribution in [0, 0.1) is 0 Å². The number of benzene rings is 6. The SMILES string of the molecule is CC(=O)N(C)C[C@](CCN1CCC2(CC1)NC(=O)Cc1ccccc12)(c1ccc(Cl)c(Cl)c1)N(C)C(=O)c1ccccc1.CC(=O)N(C)C[C@](CCN1CCC2(CC1)NC(=O)Cc1ccccc12)(c1ccc(Cl)c(Cl)c1)N(C)C(=O)c1ccccc1.Cl.Cl.S.S. The Kier molecular flexibility index (Phi) is 27.1. The Labute approximate surface area is 576 Å². The summed E-state index contributed by atoms with van der Waals surface area (Å²) in [5, 5.41) is 8.26. The zero-order chi connectivity index (χ0) is 61.6. The van der Waals surface area contributed by atoms with Gasteiger partial charge in [-0.2, -0.15) is 27.0 Å². The van der Waals surface area contributed by atoms with Crippen LogP contribution in [0.5, 0.6) is 0 Å². The van der Waals surface area contributed by atoms with E-state index in [1.807, 2.05) is 84.9 Å². The lowest BCUT2D eigenvalue weighted by Gasteiger charge is -2.48. The molecule has 90 heavy (non-hydrogen) atoms. The summed E-state index contributed by atoms with van der Waals surface area (Å²) < 4.78 is 0. The molecule has 2 N–H and O–H groups in total. The van der Waals surface area contributed by atoms with Gasteiger partial charge in [0, 0.05) is 106 Å². The summed E-state index contributed by atoms with van der Waals surface area (Å²) in [4.78, 5) is 90.0. The summed E-state index contributed by atoms with van der Waals surface area (Å²) in [5.41, 5.74) is 4.86. The molecule has 0 radical (unpaired) electrons. The van der Waals surface area contributed by atoms with Gasteiger partial charge in [0.15, 0.2) is 0 Å². The van der Waals surface area contributed by atoms with Gasteiger partial charge in [0.1, 0.15) is 0 Å². The first kappa shape index (κ1) is 75.2. The molecule has 4 heterocycles. The number of nitrogens with one attached hydrogen (secondary N) is 2. The molecule has 6 amide bonds. The van der Waals surface area contributed by atoms with E-state index < -0.39 is 11.1 Å². The van der Waals surface area contributed by atoms with Crippen molar-refractivity contribution in [2.45, 2.75) is 87.4 Å². The number of rotatable bonds is 16. The van der Waals surface area contributed by atoms with E-state index in [-0.39, 0.29) is 111 Å². The van der Waals surface area contributed by atoms with E-state index in [1.165, 1.54) is 25.0 Å². The molecule has 2 atom stereocenters. The fourth-order valence-corrected chi connectivity index (χ4v) is 13.9. The molecule has 6 aromatic rings. The van der Waals surface area contributed by atoms with E-state index in [9.17, 15) is 28.8 Å². The van der Waals surface area contributed by atoms with Crippen LogP contribution >= 0.6 is 98.2 Å². The molecule has 484 valence electrons. The first-order valence-electron chi connectivity index (χ1n) is 29.3. The van der Waals surface area contributed by atoms with E-state index >= 15 is 0 Å². The van der Waals surface area contributed by atoms with Crippen molar-refractivity contribution >= 4 is 134 Å². The quantitative estimate of drug-likeness (QED) is 0.0974. The van der Waals surface area contributed by atoms with Crippen LogP contribution in [0.25, 0.3) is 0 Å². The lowest BCUT2D eigenvalue weighted by molar-refractivity contribution is -0.130. The van der Waals surface area contributed by atoms with Gasteiger partial charge in [0.25, 0.3) is 11.8 Å². The van der Waals surface area contributed by atoms with E-state index in [2.05, 4.69) is 44.7 Å². The van der Waals surface area contributed by atoms with Gasteiger partial charge < -0.3 is 40.0 Å². The van der Waals surface area contributed by atoms with Crippen molar-refractivity contribution in [2.75, 3.05) is 80.5 Å². The number of amides is 6. The Hall–Kier alpha value is -5.50. The first-order valence-corrected chi connectivity index (χ1v) is 30.8. The molecule has 2 fully saturated rings. The van der Waals surface area contributed by atoms with Gasteiger partial charge in [0.2, 0.25) is 23.6 Å². The molecule has 0 aliphatic carbocycles. The molecular weight excluding hydrogens is 1300 g/mol. The second-order valence-corrected chi connectivity index (χ2v) is 25.3. The number of hydrogen-bond donors (Lipinski definition) is 2. The average molecular weight is 1380 g/mol. The smallest absolute Gasteiger partial charge is 0.254 e. The van der Waals surface area contributed by atoms with Crippen LogP contribution in [-0.2, 0) is 54.2 Å². The second-order valence-electron chi connectivity index (χ2n) is 23.6. The number of likely N-dealkylation sites (tertiary alicyclic amines) is 2. The Morgan fingerprint density at radius 3 is 1.12 bits per heavy atom. The summed E-state index contributed by atoms with van der Waals surface area (Å²) in [5.74, 6) is -0.364. The molecule has 14 nitrogen and oxygen atoms in total. The average Bonchev–Trinajstić information content (AvgIpc) is 0.823. The van der Waals surface area contributed by atoms with Crippen LogP contribution in [0.3, 0.4) is 0 Å². The van der Waals surface area contributed by atoms with Gasteiger partial charge in [-0.15, -0.1) is 24.8 Å². The van der Waals surface area contributed by atoms with Gasteiger partial charge in [0.05, 0.1) is 55.1 Å². The molecular formula is C68H82Cl6N8O6S2. The number of nitrogens with zero attached hydrogens (tertiary/aromatic N) is 6. The minimum Gasteiger partial charge on any atom is -0.346 e. The highest BCUT2D eigenvalue weighted by Gasteiger charge is 2.47. The molecule has 0 bridgehead atoms.